The molecule has 0 aliphatic heterocycles. The molecule has 2 rings (SSSR count). The Morgan fingerprint density at radius 2 is 1.95 bits per heavy atom. The highest BCUT2D eigenvalue weighted by molar-refractivity contribution is 9.10. The summed E-state index contributed by atoms with van der Waals surface area (Å²) in [4.78, 5) is 13.9. The summed E-state index contributed by atoms with van der Waals surface area (Å²) in [5, 5.41) is 4.34. The zero-order valence-corrected chi connectivity index (χ0v) is 13.3. The predicted molar refractivity (Wildman–Crippen MR) is 83.7 cm³/mol. The molecule has 106 valence electrons. The van der Waals surface area contributed by atoms with Gasteiger partial charge in [-0.15, -0.1) is 0 Å². The van der Waals surface area contributed by atoms with E-state index in [0.717, 1.165) is 21.5 Å². The number of carbonyl (C=O) groups excluding carboxylic acids is 1. The van der Waals surface area contributed by atoms with Crippen molar-refractivity contribution in [2.75, 3.05) is 17.7 Å². The number of halogens is 1. The van der Waals surface area contributed by atoms with E-state index in [0.29, 0.717) is 5.69 Å². The first-order valence-electron chi connectivity index (χ1n) is 6.21. The maximum absolute atomic E-state index is 12.3. The number of nitrogens with zero attached hydrogens (tertiary/aromatic N) is 3. The highest BCUT2D eigenvalue weighted by atomic mass is 79.9. The summed E-state index contributed by atoms with van der Waals surface area (Å²) < 4.78 is 2.65. The van der Waals surface area contributed by atoms with E-state index >= 15 is 0 Å². The molecule has 1 aromatic carbocycles. The van der Waals surface area contributed by atoms with Crippen LogP contribution in [0.2, 0.25) is 0 Å². The Morgan fingerprint density at radius 3 is 2.45 bits per heavy atom. The number of likely N-dealkylation sites (N-methyl/N-ethyl adjacent to an activating group) is 1. The second-order valence-corrected chi connectivity index (χ2v) is 5.48. The molecule has 0 radical (unpaired) electrons. The van der Waals surface area contributed by atoms with E-state index in [-0.39, 0.29) is 12.5 Å². The van der Waals surface area contributed by atoms with Crippen LogP contribution in [-0.4, -0.2) is 22.7 Å². The van der Waals surface area contributed by atoms with Crippen LogP contribution in [0.5, 0.6) is 0 Å². The zero-order valence-electron chi connectivity index (χ0n) is 11.7. The van der Waals surface area contributed by atoms with E-state index in [1.165, 1.54) is 0 Å². The number of anilines is 2. The second-order valence-electron chi connectivity index (χ2n) is 4.69. The van der Waals surface area contributed by atoms with Crippen molar-refractivity contribution in [2.24, 2.45) is 0 Å². The Morgan fingerprint density at radius 1 is 1.35 bits per heavy atom. The lowest BCUT2D eigenvalue weighted by Gasteiger charge is -2.18. The predicted octanol–water partition coefficient (Wildman–Crippen LogP) is 2.51. The van der Waals surface area contributed by atoms with Crippen LogP contribution >= 0.6 is 15.9 Å². The summed E-state index contributed by atoms with van der Waals surface area (Å²) in [5.74, 6) is -0.0344. The molecule has 0 atom stereocenters. The number of aromatic nitrogens is 2. The average Bonchev–Trinajstić information content (AvgIpc) is 2.66. The van der Waals surface area contributed by atoms with Crippen molar-refractivity contribution in [2.45, 2.75) is 20.4 Å². The maximum Gasteiger partial charge on any atom is 0.248 e. The molecule has 0 unspecified atom stereocenters. The molecule has 0 aliphatic carbocycles. The lowest BCUT2D eigenvalue weighted by atomic mass is 10.2. The minimum atomic E-state index is -0.0344. The lowest BCUT2D eigenvalue weighted by molar-refractivity contribution is -0.119. The van der Waals surface area contributed by atoms with Crippen LogP contribution < -0.4 is 10.6 Å². The number of nitrogen functional groups attached to an aromatic ring is 1. The van der Waals surface area contributed by atoms with Gasteiger partial charge in [0.25, 0.3) is 0 Å². The molecule has 2 N–H and O–H groups in total. The van der Waals surface area contributed by atoms with Crippen LogP contribution in [0.1, 0.15) is 11.4 Å². The maximum atomic E-state index is 12.3. The molecule has 5 nitrogen and oxygen atoms in total. The molecular weight excluding hydrogens is 320 g/mol. The number of rotatable bonds is 3. The van der Waals surface area contributed by atoms with Gasteiger partial charge in [-0.05, 0) is 54.0 Å². The SMILES string of the molecule is Cc1nn(CC(=O)N(C)c2ccc(N)cc2)c(C)c1Br. The first-order valence-corrected chi connectivity index (χ1v) is 7.01. The molecule has 0 bridgehead atoms. The number of amides is 1. The van der Waals surface area contributed by atoms with Gasteiger partial charge in [0.2, 0.25) is 5.91 Å². The Labute approximate surface area is 126 Å². The standard InChI is InChI=1S/C14H17BrN4O/c1-9-14(15)10(2)19(17-9)8-13(20)18(3)12-6-4-11(16)5-7-12/h4-7H,8,16H2,1-3H3. The van der Waals surface area contributed by atoms with Crippen molar-refractivity contribution in [1.82, 2.24) is 9.78 Å². The number of carbonyl (C=O) groups is 1. The number of nitrogens with two attached hydrogens (primary N) is 1. The van der Waals surface area contributed by atoms with Crippen molar-refractivity contribution >= 4 is 33.2 Å². The van der Waals surface area contributed by atoms with Crippen LogP contribution in [0.4, 0.5) is 11.4 Å². The van der Waals surface area contributed by atoms with Gasteiger partial charge in [-0.1, -0.05) is 0 Å². The number of hydrogen-bond donors (Lipinski definition) is 1. The average molecular weight is 337 g/mol. The molecule has 20 heavy (non-hydrogen) atoms. The summed E-state index contributed by atoms with van der Waals surface area (Å²) in [6.07, 6.45) is 0. The first-order chi connectivity index (χ1) is 9.40. The third kappa shape index (κ3) is 2.85. The highest BCUT2D eigenvalue weighted by Crippen LogP contribution is 2.20. The van der Waals surface area contributed by atoms with Gasteiger partial charge in [0.1, 0.15) is 6.54 Å². The van der Waals surface area contributed by atoms with Crippen LogP contribution in [0.25, 0.3) is 0 Å². The molecular formula is C14H17BrN4O. The van der Waals surface area contributed by atoms with Crippen LogP contribution in [0, 0.1) is 13.8 Å². The quantitative estimate of drug-likeness (QED) is 0.876. The fourth-order valence-corrected chi connectivity index (χ4v) is 2.19. The van der Waals surface area contributed by atoms with Gasteiger partial charge >= 0.3 is 0 Å². The van der Waals surface area contributed by atoms with Crippen molar-refractivity contribution in [3.63, 3.8) is 0 Å². The van der Waals surface area contributed by atoms with Crippen molar-refractivity contribution < 1.29 is 4.79 Å². The van der Waals surface area contributed by atoms with Gasteiger partial charge in [-0.3, -0.25) is 9.48 Å². The molecule has 2 aromatic rings. The Balaban J connectivity index is 2.15. The van der Waals surface area contributed by atoms with Crippen LogP contribution in [0.3, 0.4) is 0 Å². The highest BCUT2D eigenvalue weighted by Gasteiger charge is 2.15. The van der Waals surface area contributed by atoms with Gasteiger partial charge in [0, 0.05) is 18.4 Å². The summed E-state index contributed by atoms with van der Waals surface area (Å²) in [6.45, 7) is 4.04. The normalized spacial score (nSPS) is 10.6. The van der Waals surface area contributed by atoms with Gasteiger partial charge in [0.15, 0.2) is 0 Å². The Bertz CT molecular complexity index is 633. The zero-order chi connectivity index (χ0) is 14.9. The largest absolute Gasteiger partial charge is 0.399 e. The molecule has 1 aromatic heterocycles. The summed E-state index contributed by atoms with van der Waals surface area (Å²) in [6, 6.07) is 7.20. The molecule has 1 amide bonds. The molecule has 0 spiro atoms. The summed E-state index contributed by atoms with van der Waals surface area (Å²) in [5.41, 5.74) is 8.96. The van der Waals surface area contributed by atoms with Crippen molar-refractivity contribution in [3.8, 4) is 0 Å². The molecule has 1 heterocycles. The minimum absolute atomic E-state index is 0.0344. The fourth-order valence-electron chi connectivity index (χ4n) is 1.91. The van der Waals surface area contributed by atoms with Crippen molar-refractivity contribution in [3.05, 3.63) is 40.1 Å². The number of aryl methyl sites for hydroxylation is 1. The summed E-state index contributed by atoms with van der Waals surface area (Å²) in [7, 11) is 1.74. The first kappa shape index (κ1) is 14.6. The number of benzene rings is 1. The van der Waals surface area contributed by atoms with Gasteiger partial charge in [-0.2, -0.15) is 5.10 Å². The molecule has 0 saturated heterocycles. The van der Waals surface area contributed by atoms with E-state index in [4.69, 9.17) is 5.73 Å². The van der Waals surface area contributed by atoms with E-state index < -0.39 is 0 Å². The molecule has 6 heteroatoms. The van der Waals surface area contributed by atoms with Gasteiger partial charge < -0.3 is 10.6 Å². The van der Waals surface area contributed by atoms with Crippen LogP contribution in [-0.2, 0) is 11.3 Å². The molecule has 0 saturated carbocycles. The number of hydrogen-bond acceptors (Lipinski definition) is 3. The topological polar surface area (TPSA) is 64.2 Å². The molecule has 0 fully saturated rings. The smallest absolute Gasteiger partial charge is 0.248 e. The lowest BCUT2D eigenvalue weighted by Crippen LogP contribution is -2.30. The molecule has 0 aliphatic rings. The third-order valence-electron chi connectivity index (χ3n) is 3.23. The van der Waals surface area contributed by atoms with E-state index in [1.54, 1.807) is 28.8 Å². The van der Waals surface area contributed by atoms with Crippen molar-refractivity contribution in [1.29, 1.82) is 0 Å². The Kier molecular flexibility index (Phi) is 4.13. The van der Waals surface area contributed by atoms with E-state index in [2.05, 4.69) is 21.0 Å². The van der Waals surface area contributed by atoms with Crippen LogP contribution in [0.15, 0.2) is 28.7 Å². The second kappa shape index (κ2) is 5.66. The van der Waals surface area contributed by atoms with Gasteiger partial charge in [-0.25, -0.2) is 0 Å². The summed E-state index contributed by atoms with van der Waals surface area (Å²) >= 11 is 3.46. The minimum Gasteiger partial charge on any atom is -0.399 e. The monoisotopic (exact) mass is 336 g/mol. The Hall–Kier alpha value is -1.82. The van der Waals surface area contributed by atoms with E-state index in [1.807, 2.05) is 26.0 Å². The van der Waals surface area contributed by atoms with E-state index in [9.17, 15) is 4.79 Å². The fraction of sp³-hybridized carbons (Fsp3) is 0.286. The third-order valence-corrected chi connectivity index (χ3v) is 4.38. The van der Waals surface area contributed by atoms with Gasteiger partial charge in [0.05, 0.1) is 15.9 Å².